The summed E-state index contributed by atoms with van der Waals surface area (Å²) in [6.07, 6.45) is 6.84. The van der Waals surface area contributed by atoms with Crippen molar-refractivity contribution < 1.29 is 9.90 Å². The number of aliphatic hydroxyl groups is 1. The molecule has 1 aliphatic carbocycles. The average molecular weight is 291 g/mol. The van der Waals surface area contributed by atoms with Crippen molar-refractivity contribution >= 4 is 6.03 Å². The highest BCUT2D eigenvalue weighted by molar-refractivity contribution is 5.74. The molecule has 2 unspecified atom stereocenters. The lowest BCUT2D eigenvalue weighted by Crippen LogP contribution is -2.48. The van der Waals surface area contributed by atoms with Gasteiger partial charge in [-0.2, -0.15) is 0 Å². The molecule has 3 N–H and O–H groups in total. The lowest BCUT2D eigenvalue weighted by atomic mass is 9.85. The standard InChI is InChI=1S/C16H25N3O2/c1-12-6-7-13(10-18-12)8-9-17-16(21)19-15-5-3-2-4-14(15)11-20/h6-7,10,14-15,20H,2-5,8-9,11H2,1H3,(H2,17,19,21). The van der Waals surface area contributed by atoms with Crippen LogP contribution in [-0.4, -0.2) is 35.3 Å². The number of aliphatic hydroxyl groups excluding tert-OH is 1. The number of aromatic nitrogens is 1. The van der Waals surface area contributed by atoms with Gasteiger partial charge in [0.05, 0.1) is 0 Å². The quantitative estimate of drug-likeness (QED) is 0.774. The zero-order chi connectivity index (χ0) is 15.1. The van der Waals surface area contributed by atoms with Crippen molar-refractivity contribution in [2.75, 3.05) is 13.2 Å². The number of carbonyl (C=O) groups is 1. The number of amides is 2. The molecule has 116 valence electrons. The van der Waals surface area contributed by atoms with Crippen molar-refractivity contribution in [3.63, 3.8) is 0 Å². The Balaban J connectivity index is 1.70. The first-order valence-corrected chi connectivity index (χ1v) is 7.76. The second kappa shape index (κ2) is 7.98. The maximum absolute atomic E-state index is 11.9. The Kier molecular flexibility index (Phi) is 5.99. The molecular weight excluding hydrogens is 266 g/mol. The van der Waals surface area contributed by atoms with Crippen molar-refractivity contribution in [3.05, 3.63) is 29.6 Å². The van der Waals surface area contributed by atoms with Gasteiger partial charge < -0.3 is 15.7 Å². The molecule has 5 nitrogen and oxygen atoms in total. The molecule has 2 rings (SSSR count). The zero-order valence-corrected chi connectivity index (χ0v) is 12.6. The van der Waals surface area contributed by atoms with E-state index >= 15 is 0 Å². The van der Waals surface area contributed by atoms with E-state index in [-0.39, 0.29) is 24.6 Å². The van der Waals surface area contributed by atoms with E-state index in [1.54, 1.807) is 0 Å². The van der Waals surface area contributed by atoms with Crippen LogP contribution in [-0.2, 0) is 6.42 Å². The Hall–Kier alpha value is -1.62. The van der Waals surface area contributed by atoms with Crippen molar-refractivity contribution in [2.24, 2.45) is 5.92 Å². The number of nitrogens with one attached hydrogen (secondary N) is 2. The van der Waals surface area contributed by atoms with Crippen LogP contribution in [0.2, 0.25) is 0 Å². The second-order valence-electron chi connectivity index (χ2n) is 5.79. The molecule has 1 aromatic heterocycles. The van der Waals surface area contributed by atoms with E-state index in [9.17, 15) is 9.90 Å². The molecule has 1 aliphatic rings. The number of aryl methyl sites for hydroxylation is 1. The first kappa shape index (κ1) is 15.8. The molecule has 2 amide bonds. The third kappa shape index (κ3) is 5.01. The highest BCUT2D eigenvalue weighted by atomic mass is 16.3. The predicted molar refractivity (Wildman–Crippen MR) is 82.0 cm³/mol. The van der Waals surface area contributed by atoms with E-state index in [1.165, 1.54) is 0 Å². The zero-order valence-electron chi connectivity index (χ0n) is 12.6. The van der Waals surface area contributed by atoms with Gasteiger partial charge in [-0.15, -0.1) is 0 Å². The summed E-state index contributed by atoms with van der Waals surface area (Å²) in [5.41, 5.74) is 2.11. The summed E-state index contributed by atoms with van der Waals surface area (Å²) < 4.78 is 0. The topological polar surface area (TPSA) is 74.2 Å². The van der Waals surface area contributed by atoms with Gasteiger partial charge in [0.1, 0.15) is 0 Å². The molecule has 1 fully saturated rings. The lowest BCUT2D eigenvalue weighted by Gasteiger charge is -2.30. The molecule has 0 bridgehead atoms. The Morgan fingerprint density at radius 3 is 2.90 bits per heavy atom. The Labute approximate surface area is 126 Å². The fourth-order valence-electron chi connectivity index (χ4n) is 2.80. The third-order valence-corrected chi connectivity index (χ3v) is 4.13. The first-order valence-electron chi connectivity index (χ1n) is 7.76. The van der Waals surface area contributed by atoms with Crippen LogP contribution in [0.25, 0.3) is 0 Å². The van der Waals surface area contributed by atoms with Gasteiger partial charge in [0.25, 0.3) is 0 Å². The summed E-state index contributed by atoms with van der Waals surface area (Å²) in [4.78, 5) is 16.1. The van der Waals surface area contributed by atoms with Gasteiger partial charge in [-0.1, -0.05) is 18.9 Å². The van der Waals surface area contributed by atoms with Crippen LogP contribution in [0.15, 0.2) is 18.3 Å². The van der Waals surface area contributed by atoms with Gasteiger partial charge in [0.15, 0.2) is 0 Å². The van der Waals surface area contributed by atoms with Gasteiger partial charge in [0.2, 0.25) is 0 Å². The lowest BCUT2D eigenvalue weighted by molar-refractivity contribution is 0.154. The summed E-state index contributed by atoms with van der Waals surface area (Å²) in [5.74, 6) is 0.200. The summed E-state index contributed by atoms with van der Waals surface area (Å²) in [6.45, 7) is 2.70. The molecule has 0 aliphatic heterocycles. The van der Waals surface area contributed by atoms with Gasteiger partial charge >= 0.3 is 6.03 Å². The van der Waals surface area contributed by atoms with E-state index in [1.807, 2.05) is 25.3 Å². The number of nitrogens with zero attached hydrogens (tertiary/aromatic N) is 1. The largest absolute Gasteiger partial charge is 0.396 e. The van der Waals surface area contributed by atoms with Crippen LogP contribution >= 0.6 is 0 Å². The molecule has 21 heavy (non-hydrogen) atoms. The molecular formula is C16H25N3O2. The maximum atomic E-state index is 11.9. The minimum atomic E-state index is -0.138. The van der Waals surface area contributed by atoms with Crippen molar-refractivity contribution in [1.82, 2.24) is 15.6 Å². The van der Waals surface area contributed by atoms with Crippen LogP contribution in [0.3, 0.4) is 0 Å². The van der Waals surface area contributed by atoms with Crippen LogP contribution < -0.4 is 10.6 Å². The molecule has 2 atom stereocenters. The predicted octanol–water partition coefficient (Wildman–Crippen LogP) is 1.78. The number of hydrogen-bond acceptors (Lipinski definition) is 3. The fourth-order valence-corrected chi connectivity index (χ4v) is 2.80. The van der Waals surface area contributed by atoms with Crippen molar-refractivity contribution in [1.29, 1.82) is 0 Å². The van der Waals surface area contributed by atoms with Crippen LogP contribution in [0, 0.1) is 12.8 Å². The minimum absolute atomic E-state index is 0.102. The van der Waals surface area contributed by atoms with Crippen LogP contribution in [0.5, 0.6) is 0 Å². The highest BCUT2D eigenvalue weighted by Gasteiger charge is 2.25. The Bertz CT molecular complexity index is 447. The van der Waals surface area contributed by atoms with Gasteiger partial charge in [-0.3, -0.25) is 4.98 Å². The summed E-state index contributed by atoms with van der Waals surface area (Å²) in [7, 11) is 0. The van der Waals surface area contributed by atoms with Crippen LogP contribution in [0.1, 0.15) is 36.9 Å². The molecule has 5 heteroatoms. The van der Waals surface area contributed by atoms with Crippen molar-refractivity contribution in [3.8, 4) is 0 Å². The van der Waals surface area contributed by atoms with Gasteiger partial charge in [0, 0.05) is 37.0 Å². The third-order valence-electron chi connectivity index (χ3n) is 4.13. The van der Waals surface area contributed by atoms with E-state index in [0.29, 0.717) is 6.54 Å². The number of hydrogen-bond donors (Lipinski definition) is 3. The molecule has 1 heterocycles. The highest BCUT2D eigenvalue weighted by Crippen LogP contribution is 2.23. The first-order chi connectivity index (χ1) is 10.2. The molecule has 0 aromatic carbocycles. The average Bonchev–Trinajstić information content (AvgIpc) is 2.50. The molecule has 0 radical (unpaired) electrons. The summed E-state index contributed by atoms with van der Waals surface area (Å²) in [5, 5.41) is 15.2. The number of pyridine rings is 1. The minimum Gasteiger partial charge on any atom is -0.396 e. The number of urea groups is 1. The smallest absolute Gasteiger partial charge is 0.315 e. The second-order valence-corrected chi connectivity index (χ2v) is 5.79. The van der Waals surface area contributed by atoms with Gasteiger partial charge in [-0.05, 0) is 37.8 Å². The summed E-state index contributed by atoms with van der Waals surface area (Å²) in [6, 6.07) is 3.97. The van der Waals surface area contributed by atoms with E-state index in [4.69, 9.17) is 0 Å². The van der Waals surface area contributed by atoms with E-state index in [2.05, 4.69) is 15.6 Å². The van der Waals surface area contributed by atoms with E-state index < -0.39 is 0 Å². The van der Waals surface area contributed by atoms with Crippen molar-refractivity contribution in [2.45, 2.75) is 45.1 Å². The van der Waals surface area contributed by atoms with E-state index in [0.717, 1.165) is 43.4 Å². The number of rotatable bonds is 5. The Morgan fingerprint density at radius 2 is 2.19 bits per heavy atom. The molecule has 1 saturated carbocycles. The normalized spacial score (nSPS) is 21.8. The molecule has 1 aromatic rings. The fraction of sp³-hybridized carbons (Fsp3) is 0.625. The van der Waals surface area contributed by atoms with Crippen LogP contribution in [0.4, 0.5) is 4.79 Å². The summed E-state index contributed by atoms with van der Waals surface area (Å²) >= 11 is 0. The van der Waals surface area contributed by atoms with Gasteiger partial charge in [-0.25, -0.2) is 4.79 Å². The molecule has 0 spiro atoms. The number of carbonyl (C=O) groups excluding carboxylic acids is 1. The Morgan fingerprint density at radius 1 is 1.38 bits per heavy atom. The molecule has 0 saturated heterocycles. The monoisotopic (exact) mass is 291 g/mol. The maximum Gasteiger partial charge on any atom is 0.315 e. The SMILES string of the molecule is Cc1ccc(CCNC(=O)NC2CCCCC2CO)cn1.